The molecular formula is C30H35N3O3S. The lowest BCUT2D eigenvalue weighted by Crippen LogP contribution is -2.35. The number of carbonyl (C=O) groups excluding carboxylic acids is 2. The van der Waals surface area contributed by atoms with Crippen LogP contribution in [0.4, 0.5) is 5.69 Å². The van der Waals surface area contributed by atoms with Crippen molar-refractivity contribution in [2.75, 3.05) is 19.0 Å². The summed E-state index contributed by atoms with van der Waals surface area (Å²) in [7, 11) is 1.76. The van der Waals surface area contributed by atoms with Gasteiger partial charge in [0.05, 0.1) is 17.9 Å². The molecule has 2 amide bonds. The lowest BCUT2D eigenvalue weighted by Gasteiger charge is -2.20. The van der Waals surface area contributed by atoms with Crippen LogP contribution in [0.2, 0.25) is 0 Å². The van der Waals surface area contributed by atoms with Gasteiger partial charge in [0.1, 0.15) is 5.75 Å². The molecule has 2 N–H and O–H groups in total. The molecule has 0 bridgehead atoms. The summed E-state index contributed by atoms with van der Waals surface area (Å²) in [6.07, 6.45) is 5.90. The van der Waals surface area contributed by atoms with Crippen molar-refractivity contribution < 1.29 is 14.3 Å². The number of benzene rings is 3. The molecule has 0 unspecified atom stereocenters. The normalized spacial score (nSPS) is 10.4. The van der Waals surface area contributed by atoms with Gasteiger partial charge >= 0.3 is 0 Å². The second kappa shape index (κ2) is 14.8. The Morgan fingerprint density at radius 1 is 0.865 bits per heavy atom. The minimum Gasteiger partial charge on any atom is -0.494 e. The van der Waals surface area contributed by atoms with Crippen LogP contribution in [-0.4, -0.2) is 35.5 Å². The number of amides is 2. The second-order valence-electron chi connectivity index (χ2n) is 8.89. The van der Waals surface area contributed by atoms with E-state index >= 15 is 0 Å². The van der Waals surface area contributed by atoms with Gasteiger partial charge in [0.15, 0.2) is 5.11 Å². The summed E-state index contributed by atoms with van der Waals surface area (Å²) in [5, 5.41) is 5.80. The van der Waals surface area contributed by atoms with Crippen LogP contribution in [0.1, 0.15) is 65.3 Å². The van der Waals surface area contributed by atoms with Gasteiger partial charge in [-0.1, -0.05) is 75.1 Å². The lowest BCUT2D eigenvalue weighted by molar-refractivity contribution is 0.0786. The zero-order valence-corrected chi connectivity index (χ0v) is 22.4. The number of para-hydroxylation sites is 1. The predicted octanol–water partition coefficient (Wildman–Crippen LogP) is 6.43. The minimum atomic E-state index is -0.339. The Labute approximate surface area is 225 Å². The van der Waals surface area contributed by atoms with E-state index in [4.69, 9.17) is 17.0 Å². The number of nitrogens with zero attached hydrogens (tertiary/aromatic N) is 1. The van der Waals surface area contributed by atoms with E-state index < -0.39 is 0 Å². The first-order valence-corrected chi connectivity index (χ1v) is 13.1. The highest BCUT2D eigenvalue weighted by Crippen LogP contribution is 2.18. The zero-order valence-electron chi connectivity index (χ0n) is 21.5. The molecule has 0 radical (unpaired) electrons. The third-order valence-corrected chi connectivity index (χ3v) is 6.08. The first-order chi connectivity index (χ1) is 18.0. The SMILES string of the molecule is CCCCCCCOc1ccc(C(=O)NC(=S)Nc2ccccc2C(=O)N(C)Cc2ccccc2)cc1. The number of nitrogens with one attached hydrogen (secondary N) is 2. The fourth-order valence-electron chi connectivity index (χ4n) is 3.84. The van der Waals surface area contributed by atoms with E-state index in [9.17, 15) is 9.59 Å². The monoisotopic (exact) mass is 517 g/mol. The molecule has 0 aliphatic heterocycles. The number of rotatable bonds is 12. The highest BCUT2D eigenvalue weighted by atomic mass is 32.1. The molecule has 3 aromatic rings. The highest BCUT2D eigenvalue weighted by Gasteiger charge is 2.17. The number of unbranched alkanes of at least 4 members (excludes halogenated alkanes) is 4. The molecule has 0 aliphatic carbocycles. The summed E-state index contributed by atoms with van der Waals surface area (Å²) in [6, 6.07) is 23.9. The molecule has 194 valence electrons. The topological polar surface area (TPSA) is 70.7 Å². The number of anilines is 1. The summed E-state index contributed by atoms with van der Waals surface area (Å²) in [5.41, 5.74) is 2.50. The van der Waals surface area contributed by atoms with E-state index in [1.165, 1.54) is 19.3 Å². The van der Waals surface area contributed by atoms with E-state index in [2.05, 4.69) is 17.6 Å². The summed E-state index contributed by atoms with van der Waals surface area (Å²) < 4.78 is 5.77. The van der Waals surface area contributed by atoms with E-state index in [0.717, 1.165) is 24.2 Å². The first kappa shape index (κ1) is 27.9. The molecule has 6 nitrogen and oxygen atoms in total. The Kier molecular flexibility index (Phi) is 11.1. The van der Waals surface area contributed by atoms with Crippen molar-refractivity contribution in [3.8, 4) is 5.75 Å². The number of thiocarbonyl (C=S) groups is 1. The molecule has 0 aromatic heterocycles. The van der Waals surface area contributed by atoms with Gasteiger partial charge in [-0.3, -0.25) is 14.9 Å². The maximum Gasteiger partial charge on any atom is 0.257 e. The van der Waals surface area contributed by atoms with E-state index in [1.54, 1.807) is 54.4 Å². The minimum absolute atomic E-state index is 0.114. The standard InChI is InChI=1S/C30H35N3O3S/c1-3-4-5-6-12-21-36-25-19-17-24(18-20-25)28(34)32-30(37)31-27-16-11-10-15-26(27)29(35)33(2)22-23-13-8-7-9-14-23/h7-11,13-20H,3-6,12,21-22H2,1-2H3,(H2,31,32,34,37). The van der Waals surface area contributed by atoms with Crippen LogP contribution in [0, 0.1) is 0 Å². The molecule has 0 saturated heterocycles. The third kappa shape index (κ3) is 9.03. The predicted molar refractivity (Wildman–Crippen MR) is 153 cm³/mol. The van der Waals surface area contributed by atoms with Crippen molar-refractivity contribution in [2.45, 2.75) is 45.6 Å². The van der Waals surface area contributed by atoms with Crippen molar-refractivity contribution in [3.63, 3.8) is 0 Å². The number of hydrogen-bond acceptors (Lipinski definition) is 4. The molecule has 0 saturated carbocycles. The molecule has 0 heterocycles. The van der Waals surface area contributed by atoms with Gasteiger partial charge in [-0.25, -0.2) is 0 Å². The molecule has 3 rings (SSSR count). The molecule has 0 spiro atoms. The van der Waals surface area contributed by atoms with Gasteiger partial charge in [-0.05, 0) is 60.6 Å². The van der Waals surface area contributed by atoms with Crippen LogP contribution in [-0.2, 0) is 6.54 Å². The Hall–Kier alpha value is -3.71. The van der Waals surface area contributed by atoms with Crippen LogP contribution < -0.4 is 15.4 Å². The fourth-order valence-corrected chi connectivity index (χ4v) is 4.04. The van der Waals surface area contributed by atoms with Crippen LogP contribution in [0.3, 0.4) is 0 Å². The summed E-state index contributed by atoms with van der Waals surface area (Å²) in [6.45, 7) is 3.35. The Bertz CT molecular complexity index is 1170. The van der Waals surface area contributed by atoms with Crippen LogP contribution >= 0.6 is 12.2 Å². The van der Waals surface area contributed by atoms with Crippen LogP contribution in [0.25, 0.3) is 0 Å². The number of carbonyl (C=O) groups is 2. The molecule has 0 fully saturated rings. The van der Waals surface area contributed by atoms with E-state index in [0.29, 0.717) is 30.0 Å². The number of hydrogen-bond donors (Lipinski definition) is 2. The molecule has 7 heteroatoms. The maximum absolute atomic E-state index is 13.1. The van der Waals surface area contributed by atoms with Crippen molar-refractivity contribution in [3.05, 3.63) is 95.6 Å². The Morgan fingerprint density at radius 3 is 2.27 bits per heavy atom. The van der Waals surface area contributed by atoms with Gasteiger partial charge in [0.2, 0.25) is 0 Å². The third-order valence-electron chi connectivity index (χ3n) is 5.88. The summed E-state index contributed by atoms with van der Waals surface area (Å²) in [5.74, 6) is 0.246. The molecule has 0 atom stereocenters. The summed E-state index contributed by atoms with van der Waals surface area (Å²) >= 11 is 5.36. The maximum atomic E-state index is 13.1. The number of ether oxygens (including phenoxy) is 1. The largest absolute Gasteiger partial charge is 0.494 e. The van der Waals surface area contributed by atoms with Crippen molar-refractivity contribution >= 4 is 34.8 Å². The quantitative estimate of drug-likeness (QED) is 0.214. The average Bonchev–Trinajstić information content (AvgIpc) is 2.91. The molecular weight excluding hydrogens is 482 g/mol. The fraction of sp³-hybridized carbons (Fsp3) is 0.300. The highest BCUT2D eigenvalue weighted by molar-refractivity contribution is 7.80. The van der Waals surface area contributed by atoms with Gasteiger partial charge < -0.3 is 15.0 Å². The van der Waals surface area contributed by atoms with Gasteiger partial charge in [0, 0.05) is 19.2 Å². The van der Waals surface area contributed by atoms with E-state index in [-0.39, 0.29) is 16.9 Å². The Morgan fingerprint density at radius 2 is 1.54 bits per heavy atom. The molecule has 37 heavy (non-hydrogen) atoms. The molecule has 3 aromatic carbocycles. The Balaban J connectivity index is 1.53. The van der Waals surface area contributed by atoms with Crippen LogP contribution in [0.15, 0.2) is 78.9 Å². The van der Waals surface area contributed by atoms with Gasteiger partial charge in [-0.15, -0.1) is 0 Å². The lowest BCUT2D eigenvalue weighted by atomic mass is 10.1. The van der Waals surface area contributed by atoms with Gasteiger partial charge in [-0.2, -0.15) is 0 Å². The van der Waals surface area contributed by atoms with Crippen molar-refractivity contribution in [1.82, 2.24) is 10.2 Å². The average molecular weight is 518 g/mol. The smallest absolute Gasteiger partial charge is 0.257 e. The van der Waals surface area contributed by atoms with Crippen molar-refractivity contribution in [1.29, 1.82) is 0 Å². The van der Waals surface area contributed by atoms with Crippen molar-refractivity contribution in [2.24, 2.45) is 0 Å². The van der Waals surface area contributed by atoms with Gasteiger partial charge in [0.25, 0.3) is 11.8 Å². The first-order valence-electron chi connectivity index (χ1n) is 12.7. The van der Waals surface area contributed by atoms with Crippen LogP contribution in [0.5, 0.6) is 5.75 Å². The summed E-state index contributed by atoms with van der Waals surface area (Å²) in [4.78, 5) is 27.4. The molecule has 0 aliphatic rings. The zero-order chi connectivity index (χ0) is 26.5. The second-order valence-corrected chi connectivity index (χ2v) is 9.30. The van der Waals surface area contributed by atoms with E-state index in [1.807, 2.05) is 36.4 Å².